The number of sulfonamides is 1. The highest BCUT2D eigenvalue weighted by Gasteiger charge is 2.12. The molecule has 17 heavy (non-hydrogen) atoms. The number of hydrogen-bond donors (Lipinski definition) is 1. The third-order valence-electron chi connectivity index (χ3n) is 2.35. The van der Waals surface area contributed by atoms with Gasteiger partial charge in [-0.2, -0.15) is 0 Å². The summed E-state index contributed by atoms with van der Waals surface area (Å²) in [5.74, 6) is -0.336. The Kier molecular flexibility index (Phi) is 7.78. The van der Waals surface area contributed by atoms with Crippen LogP contribution in [0.15, 0.2) is 0 Å². The monoisotopic (exact) mass is 263 g/mol. The number of ketones is 1. The molecule has 0 unspecified atom stereocenters. The van der Waals surface area contributed by atoms with Crippen molar-refractivity contribution in [1.29, 1.82) is 0 Å². The van der Waals surface area contributed by atoms with Gasteiger partial charge in [0.15, 0.2) is 0 Å². The van der Waals surface area contributed by atoms with Gasteiger partial charge in [-0.3, -0.25) is 14.3 Å². The summed E-state index contributed by atoms with van der Waals surface area (Å²) in [4.78, 5) is 21.9. The summed E-state index contributed by atoms with van der Waals surface area (Å²) in [6.07, 6.45) is 3.08. The van der Waals surface area contributed by atoms with Crippen molar-refractivity contribution < 1.29 is 18.0 Å². The lowest BCUT2D eigenvalue weighted by atomic mass is 10.1. The minimum absolute atomic E-state index is 0.0565. The molecular weight excluding hydrogens is 242 g/mol. The van der Waals surface area contributed by atoms with Gasteiger partial charge in [-0.05, 0) is 12.8 Å². The lowest BCUT2D eigenvalue weighted by Crippen LogP contribution is -2.31. The van der Waals surface area contributed by atoms with Gasteiger partial charge in [0.25, 0.3) is 0 Å². The standard InChI is InChI=1S/C11H21NO4S/c1-3-10(13)8-6-5-7-9-17(15,16)12-11(14)4-2/h3-9H2,1-2H3,(H,12,14). The summed E-state index contributed by atoms with van der Waals surface area (Å²) in [6, 6.07) is 0. The Labute approximate surface area is 103 Å². The van der Waals surface area contributed by atoms with Gasteiger partial charge in [-0.15, -0.1) is 0 Å². The maximum absolute atomic E-state index is 11.4. The molecule has 0 fully saturated rings. The quantitative estimate of drug-likeness (QED) is 0.637. The zero-order valence-corrected chi connectivity index (χ0v) is 11.3. The van der Waals surface area contributed by atoms with Crippen molar-refractivity contribution in [1.82, 2.24) is 4.72 Å². The number of Topliss-reactive ketones (excluding diaryl/α,β-unsaturated/α-hetero) is 1. The molecule has 5 nitrogen and oxygen atoms in total. The summed E-state index contributed by atoms with van der Waals surface area (Å²) in [7, 11) is -3.48. The number of carbonyl (C=O) groups is 2. The van der Waals surface area contributed by atoms with E-state index in [2.05, 4.69) is 0 Å². The van der Waals surface area contributed by atoms with Crippen LogP contribution in [0.4, 0.5) is 0 Å². The van der Waals surface area contributed by atoms with Gasteiger partial charge in [0, 0.05) is 19.3 Å². The number of rotatable bonds is 9. The van der Waals surface area contributed by atoms with Gasteiger partial charge < -0.3 is 0 Å². The Hall–Kier alpha value is -0.910. The summed E-state index contributed by atoms with van der Waals surface area (Å²) >= 11 is 0. The summed E-state index contributed by atoms with van der Waals surface area (Å²) < 4.78 is 24.7. The fraction of sp³-hybridized carbons (Fsp3) is 0.818. The molecule has 0 aromatic heterocycles. The van der Waals surface area contributed by atoms with Gasteiger partial charge in [0.05, 0.1) is 5.75 Å². The van der Waals surface area contributed by atoms with E-state index in [9.17, 15) is 18.0 Å². The van der Waals surface area contributed by atoms with Crippen LogP contribution in [0.3, 0.4) is 0 Å². The Balaban J connectivity index is 3.73. The van der Waals surface area contributed by atoms with Crippen LogP contribution in [0, 0.1) is 0 Å². The zero-order chi connectivity index (χ0) is 13.3. The highest BCUT2D eigenvalue weighted by atomic mass is 32.2. The van der Waals surface area contributed by atoms with Gasteiger partial charge in [0.2, 0.25) is 15.9 Å². The van der Waals surface area contributed by atoms with E-state index in [1.54, 1.807) is 6.92 Å². The van der Waals surface area contributed by atoms with E-state index >= 15 is 0 Å². The lowest BCUT2D eigenvalue weighted by molar-refractivity contribution is -0.119. The Bertz CT molecular complexity index is 348. The first-order valence-electron chi connectivity index (χ1n) is 5.96. The van der Waals surface area contributed by atoms with Crippen molar-refractivity contribution in [3.63, 3.8) is 0 Å². The van der Waals surface area contributed by atoms with Crippen LogP contribution in [0.1, 0.15) is 52.4 Å². The average Bonchev–Trinajstić information content (AvgIpc) is 2.27. The number of hydrogen-bond acceptors (Lipinski definition) is 4. The zero-order valence-electron chi connectivity index (χ0n) is 10.5. The van der Waals surface area contributed by atoms with Crippen molar-refractivity contribution in [2.75, 3.05) is 5.75 Å². The van der Waals surface area contributed by atoms with Crippen LogP contribution < -0.4 is 4.72 Å². The SMILES string of the molecule is CCC(=O)CCCCCS(=O)(=O)NC(=O)CC. The molecule has 0 aliphatic rings. The molecule has 0 aromatic carbocycles. The molecule has 0 aliphatic carbocycles. The predicted octanol–water partition coefficient (Wildman–Crippen LogP) is 1.38. The van der Waals surface area contributed by atoms with Crippen molar-refractivity contribution >= 4 is 21.7 Å². The van der Waals surface area contributed by atoms with Crippen molar-refractivity contribution in [3.05, 3.63) is 0 Å². The highest BCUT2D eigenvalue weighted by Crippen LogP contribution is 2.04. The first kappa shape index (κ1) is 16.1. The van der Waals surface area contributed by atoms with Crippen molar-refractivity contribution in [2.45, 2.75) is 52.4 Å². The average molecular weight is 263 g/mol. The third kappa shape index (κ3) is 8.85. The van der Waals surface area contributed by atoms with Crippen molar-refractivity contribution in [3.8, 4) is 0 Å². The van der Waals surface area contributed by atoms with Crippen LogP contribution in [-0.4, -0.2) is 25.9 Å². The first-order valence-corrected chi connectivity index (χ1v) is 7.61. The molecule has 0 rings (SSSR count). The van der Waals surface area contributed by atoms with E-state index in [0.717, 1.165) is 0 Å². The number of amides is 1. The molecule has 0 saturated heterocycles. The normalized spacial score (nSPS) is 11.2. The highest BCUT2D eigenvalue weighted by molar-refractivity contribution is 7.90. The minimum Gasteiger partial charge on any atom is -0.300 e. The van der Waals surface area contributed by atoms with E-state index < -0.39 is 15.9 Å². The smallest absolute Gasteiger partial charge is 0.234 e. The first-order chi connectivity index (χ1) is 7.91. The maximum Gasteiger partial charge on any atom is 0.234 e. The van der Waals surface area contributed by atoms with Crippen LogP contribution in [-0.2, 0) is 19.6 Å². The van der Waals surface area contributed by atoms with Gasteiger partial charge in [0.1, 0.15) is 5.78 Å². The van der Waals surface area contributed by atoms with E-state index in [0.29, 0.717) is 32.1 Å². The molecular formula is C11H21NO4S. The molecule has 1 amide bonds. The van der Waals surface area contributed by atoms with Gasteiger partial charge in [-0.25, -0.2) is 8.42 Å². The van der Waals surface area contributed by atoms with E-state index in [1.165, 1.54) is 0 Å². The van der Waals surface area contributed by atoms with Crippen LogP contribution in [0.5, 0.6) is 0 Å². The summed E-state index contributed by atoms with van der Waals surface area (Å²) in [6.45, 7) is 3.41. The van der Waals surface area contributed by atoms with E-state index in [1.807, 2.05) is 11.6 Å². The fourth-order valence-electron chi connectivity index (χ4n) is 1.26. The predicted molar refractivity (Wildman–Crippen MR) is 66.0 cm³/mol. The van der Waals surface area contributed by atoms with E-state index in [4.69, 9.17) is 0 Å². The Morgan fingerprint density at radius 3 is 2.18 bits per heavy atom. The van der Waals surface area contributed by atoms with Crippen LogP contribution in [0.2, 0.25) is 0 Å². The largest absolute Gasteiger partial charge is 0.300 e. The molecule has 0 aromatic rings. The van der Waals surface area contributed by atoms with Gasteiger partial charge in [-0.1, -0.05) is 20.3 Å². The fourth-order valence-corrected chi connectivity index (χ4v) is 2.44. The molecule has 0 atom stereocenters. The molecule has 6 heteroatoms. The summed E-state index contributed by atoms with van der Waals surface area (Å²) in [5.41, 5.74) is 0. The topological polar surface area (TPSA) is 80.3 Å². The van der Waals surface area contributed by atoms with Crippen LogP contribution >= 0.6 is 0 Å². The summed E-state index contributed by atoms with van der Waals surface area (Å²) in [5, 5.41) is 0. The van der Waals surface area contributed by atoms with E-state index in [-0.39, 0.29) is 18.0 Å². The number of carbonyl (C=O) groups excluding carboxylic acids is 2. The maximum atomic E-state index is 11.4. The Morgan fingerprint density at radius 1 is 1.00 bits per heavy atom. The minimum atomic E-state index is -3.48. The molecule has 0 heterocycles. The molecule has 0 saturated carbocycles. The molecule has 0 bridgehead atoms. The van der Waals surface area contributed by atoms with Crippen LogP contribution in [0.25, 0.3) is 0 Å². The molecule has 1 N–H and O–H groups in total. The second-order valence-corrected chi connectivity index (χ2v) is 5.74. The second-order valence-electron chi connectivity index (χ2n) is 3.90. The Morgan fingerprint density at radius 2 is 1.65 bits per heavy atom. The molecule has 0 spiro atoms. The lowest BCUT2D eigenvalue weighted by Gasteiger charge is -2.05. The molecule has 100 valence electrons. The van der Waals surface area contributed by atoms with Crippen molar-refractivity contribution in [2.24, 2.45) is 0 Å². The van der Waals surface area contributed by atoms with Gasteiger partial charge >= 0.3 is 0 Å². The molecule has 0 radical (unpaired) electrons. The second kappa shape index (κ2) is 8.22. The number of nitrogens with one attached hydrogen (secondary N) is 1. The molecule has 0 aliphatic heterocycles. The number of unbranched alkanes of at least 4 members (excludes halogenated alkanes) is 2. The third-order valence-corrected chi connectivity index (χ3v) is 3.72.